The van der Waals surface area contributed by atoms with E-state index >= 15 is 0 Å². The van der Waals surface area contributed by atoms with E-state index in [9.17, 15) is 9.59 Å². The maximum atomic E-state index is 12.7. The molecule has 1 heterocycles. The van der Waals surface area contributed by atoms with Crippen molar-refractivity contribution in [1.29, 1.82) is 0 Å². The average Bonchev–Trinajstić information content (AvgIpc) is 3.05. The van der Waals surface area contributed by atoms with Crippen LogP contribution in [0.5, 0.6) is 0 Å². The van der Waals surface area contributed by atoms with Crippen LogP contribution in [0.25, 0.3) is 0 Å². The Balaban J connectivity index is 1.32. The number of fused-ring (bicyclic) bond motifs is 2. The third kappa shape index (κ3) is 3.48. The number of benzene rings is 1. The van der Waals surface area contributed by atoms with E-state index in [1.165, 1.54) is 6.42 Å². The first-order valence-electron chi connectivity index (χ1n) is 10.6. The summed E-state index contributed by atoms with van der Waals surface area (Å²) in [4.78, 5) is 27.1. The molecular weight excluding hydrogens is 386 g/mol. The van der Waals surface area contributed by atoms with Crippen LogP contribution >= 0.6 is 11.6 Å². The zero-order valence-electron chi connectivity index (χ0n) is 17.5. The topological polar surface area (TPSA) is 61.8 Å². The van der Waals surface area contributed by atoms with Gasteiger partial charge >= 0.3 is 0 Å². The summed E-state index contributed by atoms with van der Waals surface area (Å²) >= 11 is 5.90. The molecule has 2 saturated carbocycles. The van der Waals surface area contributed by atoms with Crippen molar-refractivity contribution in [3.05, 3.63) is 34.9 Å². The highest BCUT2D eigenvalue weighted by molar-refractivity contribution is 6.30. The maximum absolute atomic E-state index is 12.7. The SMILES string of the molecule is CC1(C)[C@H]2CC[C@@]1(C)/C(=N/NC(=O)C1CCN(C(=O)c3ccc(Cl)cc3)CC1)C2. The van der Waals surface area contributed by atoms with Gasteiger partial charge in [-0.15, -0.1) is 0 Å². The van der Waals surface area contributed by atoms with Crippen LogP contribution in [0.2, 0.25) is 5.02 Å². The van der Waals surface area contributed by atoms with Gasteiger partial charge in [0, 0.05) is 40.7 Å². The van der Waals surface area contributed by atoms with Crippen LogP contribution in [0, 0.1) is 22.7 Å². The Kier molecular flexibility index (Phi) is 5.22. The molecule has 2 atom stereocenters. The highest BCUT2D eigenvalue weighted by Gasteiger charge is 2.60. The average molecular weight is 416 g/mol. The molecule has 5 nitrogen and oxygen atoms in total. The van der Waals surface area contributed by atoms with E-state index in [2.05, 4.69) is 31.3 Å². The second kappa shape index (κ2) is 7.42. The highest BCUT2D eigenvalue weighted by atomic mass is 35.5. The molecule has 2 bridgehead atoms. The van der Waals surface area contributed by atoms with Crippen molar-refractivity contribution in [1.82, 2.24) is 10.3 Å². The number of carbonyl (C=O) groups excluding carboxylic acids is 2. The van der Waals surface area contributed by atoms with Crippen LogP contribution in [0.4, 0.5) is 0 Å². The molecule has 2 amide bonds. The van der Waals surface area contributed by atoms with Gasteiger partial charge in [0.1, 0.15) is 0 Å². The van der Waals surface area contributed by atoms with E-state index in [4.69, 9.17) is 11.6 Å². The number of halogens is 1. The number of hydrazone groups is 1. The first-order chi connectivity index (χ1) is 13.7. The fourth-order valence-corrected chi connectivity index (χ4v) is 5.56. The molecule has 1 aliphatic heterocycles. The van der Waals surface area contributed by atoms with Crippen LogP contribution < -0.4 is 5.43 Å². The van der Waals surface area contributed by atoms with E-state index in [-0.39, 0.29) is 28.6 Å². The molecular formula is C23H30ClN3O2. The first-order valence-corrected chi connectivity index (χ1v) is 11.0. The van der Waals surface area contributed by atoms with Crippen molar-refractivity contribution < 1.29 is 9.59 Å². The Morgan fingerprint density at radius 1 is 1.10 bits per heavy atom. The molecule has 0 unspecified atom stereocenters. The Morgan fingerprint density at radius 2 is 1.76 bits per heavy atom. The minimum absolute atomic E-state index is 0.00194. The van der Waals surface area contributed by atoms with Gasteiger partial charge in [0.15, 0.2) is 0 Å². The molecule has 0 spiro atoms. The van der Waals surface area contributed by atoms with Crippen molar-refractivity contribution in [3.8, 4) is 0 Å². The standard InChI is InChI=1S/C23H30ClN3O2/c1-22(2)17-8-11-23(22,3)19(14-17)25-26-20(28)15-9-12-27(13-10-15)21(29)16-4-6-18(24)7-5-16/h4-7,15,17H,8-14H2,1-3H3,(H,26,28)/b25-19+/t17-,23-/m0/s1. The fraction of sp³-hybridized carbons (Fsp3) is 0.609. The van der Waals surface area contributed by atoms with Crippen LogP contribution in [0.3, 0.4) is 0 Å². The van der Waals surface area contributed by atoms with Crippen LogP contribution in [0.15, 0.2) is 29.4 Å². The minimum Gasteiger partial charge on any atom is -0.339 e. The van der Waals surface area contributed by atoms with Gasteiger partial charge in [0.05, 0.1) is 0 Å². The number of hydrogen-bond acceptors (Lipinski definition) is 3. The Bertz CT molecular complexity index is 840. The third-order valence-electron chi connectivity index (χ3n) is 8.06. The summed E-state index contributed by atoms with van der Waals surface area (Å²) in [6, 6.07) is 6.95. The summed E-state index contributed by atoms with van der Waals surface area (Å²) < 4.78 is 0. The number of carbonyl (C=O) groups is 2. The van der Waals surface area contributed by atoms with Gasteiger partial charge < -0.3 is 4.90 Å². The van der Waals surface area contributed by atoms with Gasteiger partial charge in [0.25, 0.3) is 5.91 Å². The number of likely N-dealkylation sites (tertiary alicyclic amines) is 1. The third-order valence-corrected chi connectivity index (χ3v) is 8.31. The van der Waals surface area contributed by atoms with Crippen molar-refractivity contribution in [2.45, 2.75) is 52.9 Å². The highest BCUT2D eigenvalue weighted by Crippen LogP contribution is 2.63. The van der Waals surface area contributed by atoms with Crippen molar-refractivity contribution in [3.63, 3.8) is 0 Å². The lowest BCUT2D eigenvalue weighted by Crippen LogP contribution is -2.42. The molecule has 1 aromatic rings. The molecule has 3 aliphatic rings. The van der Waals surface area contributed by atoms with Gasteiger partial charge in [0.2, 0.25) is 5.91 Å². The molecule has 2 aliphatic carbocycles. The van der Waals surface area contributed by atoms with E-state index in [1.807, 2.05) is 4.90 Å². The Hall–Kier alpha value is -1.88. The molecule has 1 aromatic carbocycles. The zero-order chi connectivity index (χ0) is 20.8. The summed E-state index contributed by atoms with van der Waals surface area (Å²) in [5.74, 6) is 0.566. The van der Waals surface area contributed by atoms with Crippen LogP contribution in [-0.2, 0) is 4.79 Å². The smallest absolute Gasteiger partial charge is 0.253 e. The van der Waals surface area contributed by atoms with Crippen LogP contribution in [-0.4, -0.2) is 35.5 Å². The number of nitrogens with zero attached hydrogens (tertiary/aromatic N) is 2. The number of hydrogen-bond donors (Lipinski definition) is 1. The summed E-state index contributed by atoms with van der Waals surface area (Å²) in [7, 11) is 0. The normalized spacial score (nSPS) is 30.0. The molecule has 3 fully saturated rings. The lowest BCUT2D eigenvalue weighted by atomic mass is 9.70. The number of amides is 2. The van der Waals surface area contributed by atoms with Crippen molar-refractivity contribution in [2.75, 3.05) is 13.1 Å². The van der Waals surface area contributed by atoms with E-state index in [0.717, 1.165) is 18.6 Å². The molecule has 0 aromatic heterocycles. The monoisotopic (exact) mass is 415 g/mol. The molecule has 0 radical (unpaired) electrons. The number of rotatable bonds is 3. The Labute approximate surface area is 177 Å². The summed E-state index contributed by atoms with van der Waals surface area (Å²) in [5, 5.41) is 5.20. The van der Waals surface area contributed by atoms with Crippen molar-refractivity contribution in [2.24, 2.45) is 27.8 Å². The van der Waals surface area contributed by atoms with Gasteiger partial charge in [-0.25, -0.2) is 5.43 Å². The molecule has 1 N–H and O–H groups in total. The molecule has 6 heteroatoms. The van der Waals surface area contributed by atoms with Gasteiger partial charge in [-0.05, 0) is 67.7 Å². The molecule has 29 heavy (non-hydrogen) atoms. The number of nitrogens with one attached hydrogen (secondary N) is 1. The number of piperidine rings is 1. The predicted octanol–water partition coefficient (Wildman–Crippen LogP) is 4.51. The van der Waals surface area contributed by atoms with Gasteiger partial charge in [-0.3, -0.25) is 9.59 Å². The lowest BCUT2D eigenvalue weighted by Gasteiger charge is -2.34. The largest absolute Gasteiger partial charge is 0.339 e. The zero-order valence-corrected chi connectivity index (χ0v) is 18.3. The predicted molar refractivity (Wildman–Crippen MR) is 115 cm³/mol. The van der Waals surface area contributed by atoms with Gasteiger partial charge in [-0.1, -0.05) is 32.4 Å². The summed E-state index contributed by atoms with van der Waals surface area (Å²) in [6.45, 7) is 8.14. The fourth-order valence-electron chi connectivity index (χ4n) is 5.43. The molecule has 1 saturated heterocycles. The Morgan fingerprint density at radius 3 is 2.31 bits per heavy atom. The van der Waals surface area contributed by atoms with Crippen molar-refractivity contribution >= 4 is 29.1 Å². The maximum Gasteiger partial charge on any atom is 0.253 e. The van der Waals surface area contributed by atoms with Gasteiger partial charge in [-0.2, -0.15) is 5.10 Å². The second-order valence-electron chi connectivity index (χ2n) is 9.60. The van der Waals surface area contributed by atoms with E-state index in [1.54, 1.807) is 24.3 Å². The minimum atomic E-state index is -0.0898. The second-order valence-corrected chi connectivity index (χ2v) is 10.0. The summed E-state index contributed by atoms with van der Waals surface area (Å²) in [5.41, 5.74) is 5.00. The van der Waals surface area contributed by atoms with Crippen LogP contribution in [0.1, 0.15) is 63.2 Å². The quantitative estimate of drug-likeness (QED) is 0.738. The summed E-state index contributed by atoms with van der Waals surface area (Å²) in [6.07, 6.45) is 4.75. The van der Waals surface area contributed by atoms with E-state index < -0.39 is 0 Å². The molecule has 156 valence electrons. The molecule has 4 rings (SSSR count). The first kappa shape index (κ1) is 20.4. The van der Waals surface area contributed by atoms with E-state index in [0.29, 0.717) is 42.4 Å². The lowest BCUT2D eigenvalue weighted by molar-refractivity contribution is -0.126.